The number of aliphatic hydroxyl groups is 1. The summed E-state index contributed by atoms with van der Waals surface area (Å²) in [5.74, 6) is -1.22. The van der Waals surface area contributed by atoms with Crippen LogP contribution >= 0.6 is 0 Å². The lowest BCUT2D eigenvalue weighted by Gasteiger charge is -2.44. The van der Waals surface area contributed by atoms with Crippen molar-refractivity contribution in [2.45, 2.75) is 91.3 Å². The molecule has 0 saturated carbocycles. The molecule has 0 aromatic rings. The Balaban J connectivity index is 3.60. The van der Waals surface area contributed by atoms with Crippen molar-refractivity contribution in [2.75, 3.05) is 98.1 Å². The fourth-order valence-electron chi connectivity index (χ4n) is 5.80. The number of ether oxygens (including phenoxy) is 3. The molecule has 1 heterocycles. The molecule has 0 radical (unpaired) electrons. The maximum absolute atomic E-state index is 13.5. The lowest BCUT2D eigenvalue weighted by Crippen LogP contribution is -2.63. The van der Waals surface area contributed by atoms with Crippen LogP contribution in [0.15, 0.2) is 0 Å². The zero-order valence-electron chi connectivity index (χ0n) is 29.6. The normalized spacial score (nSPS) is 19.6. The maximum Gasteiger partial charge on any atom is 0.320 e. The Kier molecular flexibility index (Phi) is 23.1. The number of nitrogens with zero attached hydrogens (tertiary/aromatic N) is 4. The molecular weight excluding hydrogens is 630 g/mol. The van der Waals surface area contributed by atoms with Crippen molar-refractivity contribution in [3.05, 3.63) is 0 Å². The first-order valence-electron chi connectivity index (χ1n) is 17.5. The van der Waals surface area contributed by atoms with Gasteiger partial charge >= 0.3 is 17.9 Å². The SMILES string of the molecule is CCCCCCCCN(C1C(CCCO)NCCN(CC(=O)OCC)CCN(CC(=O)OCC)CCN1CC(=O)OCC)S(C)(=O)=O. The molecule has 0 aromatic carbocycles. The second-order valence-corrected chi connectivity index (χ2v) is 13.9. The van der Waals surface area contributed by atoms with Crippen LogP contribution in [0, 0.1) is 0 Å². The van der Waals surface area contributed by atoms with Gasteiger partial charge in [-0.25, -0.2) is 8.42 Å². The summed E-state index contributed by atoms with van der Waals surface area (Å²) in [5.41, 5.74) is 0. The van der Waals surface area contributed by atoms with E-state index in [1.807, 2.05) is 14.7 Å². The van der Waals surface area contributed by atoms with E-state index in [1.54, 1.807) is 20.8 Å². The third kappa shape index (κ3) is 18.5. The number of sulfonamides is 1. The van der Waals surface area contributed by atoms with Gasteiger partial charge in [0.15, 0.2) is 0 Å². The van der Waals surface area contributed by atoms with E-state index in [9.17, 15) is 27.9 Å². The Morgan fingerprint density at radius 1 is 0.745 bits per heavy atom. The van der Waals surface area contributed by atoms with Crippen LogP contribution < -0.4 is 5.32 Å². The minimum absolute atomic E-state index is 0.00125. The fraction of sp³-hybridized carbons (Fsp3) is 0.906. The second kappa shape index (κ2) is 25.1. The Bertz CT molecular complexity index is 988. The van der Waals surface area contributed by atoms with Gasteiger partial charge in [-0.05, 0) is 40.0 Å². The van der Waals surface area contributed by atoms with Crippen LogP contribution in [-0.2, 0) is 38.6 Å². The summed E-state index contributed by atoms with van der Waals surface area (Å²) in [6.45, 7) is 10.5. The molecule has 0 amide bonds. The van der Waals surface area contributed by atoms with Gasteiger partial charge in [0, 0.05) is 58.5 Å². The summed E-state index contributed by atoms with van der Waals surface area (Å²) in [6.07, 6.45) is 7.15. The van der Waals surface area contributed by atoms with Crippen LogP contribution in [0.25, 0.3) is 0 Å². The van der Waals surface area contributed by atoms with E-state index in [0.717, 1.165) is 32.1 Å². The molecule has 0 bridgehead atoms. The van der Waals surface area contributed by atoms with Crippen molar-refractivity contribution in [3.63, 3.8) is 0 Å². The van der Waals surface area contributed by atoms with E-state index in [1.165, 1.54) is 10.6 Å². The highest BCUT2D eigenvalue weighted by Crippen LogP contribution is 2.21. The third-order valence-corrected chi connectivity index (χ3v) is 9.33. The van der Waals surface area contributed by atoms with Gasteiger partial charge in [0.2, 0.25) is 10.0 Å². The average Bonchev–Trinajstić information content (AvgIpc) is 3.00. The molecule has 1 rings (SSSR count). The van der Waals surface area contributed by atoms with Crippen LogP contribution in [0.4, 0.5) is 0 Å². The standard InChI is InChI=1S/C32H63N5O9S/c1-6-10-11-12-13-14-18-37(47(5,42)43)32-28(16-15-24-38)33-17-19-34(25-29(39)44-7-2)20-21-35(26-30(40)45-8-3)22-23-36(32)27-31(41)46-9-4/h28,32-33,38H,6-27H2,1-5H3. The zero-order chi connectivity index (χ0) is 35.1. The number of nitrogens with one attached hydrogen (secondary N) is 1. The lowest BCUT2D eigenvalue weighted by molar-refractivity contribution is -0.147. The molecule has 1 aliphatic heterocycles. The first kappa shape index (κ1) is 43.1. The molecule has 0 aliphatic carbocycles. The van der Waals surface area contributed by atoms with Crippen molar-refractivity contribution in [3.8, 4) is 0 Å². The molecule has 1 saturated heterocycles. The lowest BCUT2D eigenvalue weighted by atomic mass is 10.1. The first-order valence-corrected chi connectivity index (χ1v) is 19.3. The van der Waals surface area contributed by atoms with Crippen LogP contribution in [0.2, 0.25) is 0 Å². The fourth-order valence-corrected chi connectivity index (χ4v) is 6.94. The molecule has 0 aromatic heterocycles. The van der Waals surface area contributed by atoms with E-state index in [4.69, 9.17) is 14.2 Å². The highest BCUT2D eigenvalue weighted by atomic mass is 32.2. The topological polar surface area (TPSA) is 158 Å². The van der Waals surface area contributed by atoms with E-state index < -0.39 is 34.2 Å². The van der Waals surface area contributed by atoms with E-state index in [-0.39, 0.29) is 65.1 Å². The van der Waals surface area contributed by atoms with Gasteiger partial charge in [-0.1, -0.05) is 39.0 Å². The van der Waals surface area contributed by atoms with Gasteiger partial charge < -0.3 is 24.6 Å². The van der Waals surface area contributed by atoms with Crippen LogP contribution in [0.1, 0.15) is 79.1 Å². The van der Waals surface area contributed by atoms with Gasteiger partial charge in [-0.3, -0.25) is 29.1 Å². The maximum atomic E-state index is 13.5. The van der Waals surface area contributed by atoms with Crippen molar-refractivity contribution in [1.29, 1.82) is 0 Å². The Labute approximate surface area is 283 Å². The molecular formula is C32H63N5O9S. The molecule has 0 spiro atoms. The summed E-state index contributed by atoms with van der Waals surface area (Å²) in [5, 5.41) is 13.3. The van der Waals surface area contributed by atoms with E-state index in [0.29, 0.717) is 52.0 Å². The largest absolute Gasteiger partial charge is 0.465 e. The van der Waals surface area contributed by atoms with Gasteiger partial charge in [0.1, 0.15) is 0 Å². The summed E-state index contributed by atoms with van der Waals surface area (Å²) < 4.78 is 44.3. The molecule has 14 nitrogen and oxygen atoms in total. The quantitative estimate of drug-likeness (QED) is 0.101. The summed E-state index contributed by atoms with van der Waals surface area (Å²) in [7, 11) is -3.76. The average molecular weight is 694 g/mol. The van der Waals surface area contributed by atoms with E-state index in [2.05, 4.69) is 12.2 Å². The van der Waals surface area contributed by atoms with Crippen LogP contribution in [-0.4, -0.2) is 161 Å². The number of rotatable bonds is 21. The monoisotopic (exact) mass is 693 g/mol. The smallest absolute Gasteiger partial charge is 0.320 e. The van der Waals surface area contributed by atoms with Crippen LogP contribution in [0.3, 0.4) is 0 Å². The predicted octanol–water partition coefficient (Wildman–Crippen LogP) is 1.27. The third-order valence-electron chi connectivity index (χ3n) is 8.08. The molecule has 15 heteroatoms. The number of aliphatic hydroxyl groups excluding tert-OH is 1. The summed E-state index contributed by atoms with van der Waals surface area (Å²) in [6, 6.07) is -0.464. The molecule has 276 valence electrons. The van der Waals surface area contributed by atoms with Crippen molar-refractivity contribution < 1.29 is 42.1 Å². The van der Waals surface area contributed by atoms with E-state index >= 15 is 0 Å². The predicted molar refractivity (Wildman–Crippen MR) is 181 cm³/mol. The Hall–Kier alpha value is -1.88. The van der Waals surface area contributed by atoms with Crippen molar-refractivity contribution in [2.24, 2.45) is 0 Å². The summed E-state index contributed by atoms with van der Waals surface area (Å²) in [4.78, 5) is 43.7. The van der Waals surface area contributed by atoms with Gasteiger partial charge in [-0.2, -0.15) is 4.31 Å². The summed E-state index contributed by atoms with van der Waals surface area (Å²) >= 11 is 0. The van der Waals surface area contributed by atoms with Crippen molar-refractivity contribution >= 4 is 27.9 Å². The molecule has 2 unspecified atom stereocenters. The molecule has 1 aliphatic rings. The molecule has 2 N–H and O–H groups in total. The number of unbranched alkanes of at least 4 members (excludes halogenated alkanes) is 5. The van der Waals surface area contributed by atoms with Crippen LogP contribution in [0.5, 0.6) is 0 Å². The number of esters is 3. The minimum atomic E-state index is -3.76. The number of carbonyl (C=O) groups excluding carboxylic acids is 3. The zero-order valence-corrected chi connectivity index (χ0v) is 30.4. The van der Waals surface area contributed by atoms with Gasteiger partial charge in [0.05, 0.1) is 51.9 Å². The number of hydrogen-bond acceptors (Lipinski definition) is 13. The first-order chi connectivity index (χ1) is 22.5. The highest BCUT2D eigenvalue weighted by Gasteiger charge is 2.38. The van der Waals surface area contributed by atoms with Crippen molar-refractivity contribution in [1.82, 2.24) is 24.3 Å². The Morgan fingerprint density at radius 2 is 1.26 bits per heavy atom. The number of hydrogen-bond donors (Lipinski definition) is 2. The van der Waals surface area contributed by atoms with Gasteiger partial charge in [0.25, 0.3) is 0 Å². The minimum Gasteiger partial charge on any atom is -0.465 e. The molecule has 1 fully saturated rings. The molecule has 2 atom stereocenters. The second-order valence-electron chi connectivity index (χ2n) is 11.9. The van der Waals surface area contributed by atoms with Gasteiger partial charge in [-0.15, -0.1) is 0 Å². The highest BCUT2D eigenvalue weighted by molar-refractivity contribution is 7.88. The Morgan fingerprint density at radius 3 is 1.79 bits per heavy atom. The number of carbonyl (C=O) groups is 3. The molecule has 47 heavy (non-hydrogen) atoms.